The van der Waals surface area contributed by atoms with Crippen molar-refractivity contribution >= 4 is 18.0 Å². The predicted octanol–water partition coefficient (Wildman–Crippen LogP) is 6.40. The number of aromatic hydroxyl groups is 1. The number of aliphatic hydroxyl groups excluding tert-OH is 1. The molecule has 2 aliphatic heterocycles. The minimum absolute atomic E-state index is 0.0205. The molecule has 0 aromatic heterocycles. The minimum Gasteiger partial charge on any atom is -0.507 e. The number of aliphatic hydroxyl groups is 1. The first-order valence-electron chi connectivity index (χ1n) is 16.5. The Bertz CT molecular complexity index is 1590. The largest absolute Gasteiger partial charge is 0.507 e. The molecular weight excluding hydrogens is 600 g/mol. The van der Waals surface area contributed by atoms with Gasteiger partial charge >= 0.3 is 5.97 Å². The Kier molecular flexibility index (Phi) is 9.38. The first kappa shape index (κ1) is 34.6. The van der Waals surface area contributed by atoms with Gasteiger partial charge in [-0.25, -0.2) is 4.79 Å². The first-order valence-corrected chi connectivity index (χ1v) is 16.5. The second-order valence-electron chi connectivity index (χ2n) is 14.7. The highest BCUT2D eigenvalue weighted by atomic mass is 16.5. The molecule has 1 aromatic carbocycles. The van der Waals surface area contributed by atoms with Crippen LogP contribution in [-0.2, 0) is 20.7 Å². The highest BCUT2D eigenvalue weighted by Crippen LogP contribution is 2.61. The van der Waals surface area contributed by atoms with Crippen LogP contribution in [0.3, 0.4) is 0 Å². The number of aldehydes is 1. The number of carbonyl (C=O) groups is 3. The van der Waals surface area contributed by atoms with E-state index in [2.05, 4.69) is 6.58 Å². The van der Waals surface area contributed by atoms with Gasteiger partial charge < -0.3 is 34.3 Å². The van der Waals surface area contributed by atoms with E-state index in [1.165, 1.54) is 6.92 Å². The van der Waals surface area contributed by atoms with E-state index in [9.17, 15) is 29.7 Å². The third-order valence-electron chi connectivity index (χ3n) is 10.7. The van der Waals surface area contributed by atoms with E-state index in [4.69, 9.17) is 14.2 Å². The molecule has 4 unspecified atom stereocenters. The normalized spacial score (nSPS) is 29.7. The molecule has 254 valence electrons. The highest BCUT2D eigenvalue weighted by Gasteiger charge is 2.56. The molecule has 1 saturated carbocycles. The zero-order valence-corrected chi connectivity index (χ0v) is 28.5. The number of carboxylic acid groups (broad SMARTS) is 1. The molecule has 1 fully saturated rings. The molecule has 3 N–H and O–H groups in total. The van der Waals surface area contributed by atoms with Crippen LogP contribution in [0.1, 0.15) is 102 Å². The van der Waals surface area contributed by atoms with Crippen molar-refractivity contribution in [1.82, 2.24) is 0 Å². The van der Waals surface area contributed by atoms with Gasteiger partial charge in [0.2, 0.25) is 0 Å². The number of phenols is 1. The number of hydrogen-bond acceptors (Lipinski definition) is 8. The van der Waals surface area contributed by atoms with E-state index in [1.54, 1.807) is 12.2 Å². The SMILES string of the molecule is C=C(C)C1CC[C@@]2(C)Oc3c(CC=C(C)C)c4c(c(O)c3[C@@H]1C2O)C(=O)C1=CC(C=O)C[C@H](C(C)(C)OCC/C=C(/C)C(=O)O)C1O4. The molecule has 5 rings (SSSR count). The average molecular weight is 649 g/mol. The third kappa shape index (κ3) is 6.08. The van der Waals surface area contributed by atoms with Crippen molar-refractivity contribution in [2.75, 3.05) is 6.61 Å². The monoisotopic (exact) mass is 648 g/mol. The van der Waals surface area contributed by atoms with E-state index in [0.29, 0.717) is 49.0 Å². The molecule has 47 heavy (non-hydrogen) atoms. The van der Waals surface area contributed by atoms with E-state index >= 15 is 0 Å². The lowest BCUT2D eigenvalue weighted by Gasteiger charge is -2.52. The van der Waals surface area contributed by atoms with E-state index < -0.39 is 52.9 Å². The topological polar surface area (TPSA) is 140 Å². The van der Waals surface area contributed by atoms with Crippen molar-refractivity contribution in [1.29, 1.82) is 0 Å². The molecule has 9 nitrogen and oxygen atoms in total. The fourth-order valence-corrected chi connectivity index (χ4v) is 7.83. The van der Waals surface area contributed by atoms with Gasteiger partial charge in [-0.3, -0.25) is 4.79 Å². The van der Waals surface area contributed by atoms with Crippen molar-refractivity contribution in [2.24, 2.45) is 17.8 Å². The van der Waals surface area contributed by atoms with Gasteiger partial charge in [-0.05, 0) is 86.5 Å². The van der Waals surface area contributed by atoms with Crippen molar-refractivity contribution in [2.45, 2.75) is 110 Å². The predicted molar refractivity (Wildman–Crippen MR) is 177 cm³/mol. The molecule has 0 amide bonds. The van der Waals surface area contributed by atoms with Gasteiger partial charge in [0.1, 0.15) is 46.9 Å². The molecule has 4 aliphatic rings. The summed E-state index contributed by atoms with van der Waals surface area (Å²) < 4.78 is 19.8. The summed E-state index contributed by atoms with van der Waals surface area (Å²) in [5, 5.41) is 32.9. The molecular formula is C38H48O9. The fraction of sp³-hybridized carbons (Fsp3) is 0.553. The van der Waals surface area contributed by atoms with Crippen LogP contribution in [0.5, 0.6) is 17.2 Å². The summed E-state index contributed by atoms with van der Waals surface area (Å²) in [4.78, 5) is 38.0. The zero-order valence-electron chi connectivity index (χ0n) is 28.5. The van der Waals surface area contributed by atoms with Crippen LogP contribution in [0.2, 0.25) is 0 Å². The molecule has 0 spiro atoms. The van der Waals surface area contributed by atoms with E-state index in [1.807, 2.05) is 47.6 Å². The Labute approximate surface area is 277 Å². The molecule has 0 saturated heterocycles. The lowest BCUT2D eigenvalue weighted by molar-refractivity contribution is -0.132. The van der Waals surface area contributed by atoms with Crippen LogP contribution < -0.4 is 9.47 Å². The summed E-state index contributed by atoms with van der Waals surface area (Å²) >= 11 is 0. The van der Waals surface area contributed by atoms with Gasteiger partial charge in [-0.15, -0.1) is 0 Å². The maximum Gasteiger partial charge on any atom is 0.330 e. The number of fused-ring (bicyclic) bond motifs is 6. The second kappa shape index (κ2) is 12.7. The van der Waals surface area contributed by atoms with Crippen LogP contribution in [0.25, 0.3) is 0 Å². The second-order valence-corrected chi connectivity index (χ2v) is 14.7. The van der Waals surface area contributed by atoms with Gasteiger partial charge in [0, 0.05) is 40.0 Å². The van der Waals surface area contributed by atoms with Crippen LogP contribution in [0, 0.1) is 17.8 Å². The quantitative estimate of drug-likeness (QED) is 0.114. The Hall–Kier alpha value is -3.69. The minimum atomic E-state index is -0.992. The maximum atomic E-state index is 14.5. The number of phenolic OH excluding ortho intramolecular Hbond substituents is 1. The van der Waals surface area contributed by atoms with Crippen molar-refractivity contribution < 1.29 is 43.9 Å². The molecule has 2 bridgehead atoms. The number of allylic oxidation sites excluding steroid dienone is 4. The number of ketones is 1. The zero-order chi connectivity index (χ0) is 34.6. The van der Waals surface area contributed by atoms with Crippen LogP contribution >= 0.6 is 0 Å². The van der Waals surface area contributed by atoms with Gasteiger partial charge in [0.15, 0.2) is 5.78 Å². The summed E-state index contributed by atoms with van der Waals surface area (Å²) in [6.07, 6.45) is 6.82. The Morgan fingerprint density at radius 2 is 1.89 bits per heavy atom. The van der Waals surface area contributed by atoms with Gasteiger partial charge in [0.25, 0.3) is 0 Å². The average Bonchev–Trinajstić information content (AvgIpc) is 2.99. The van der Waals surface area contributed by atoms with E-state index in [0.717, 1.165) is 17.4 Å². The van der Waals surface area contributed by atoms with Gasteiger partial charge in [0.05, 0.1) is 12.2 Å². The summed E-state index contributed by atoms with van der Waals surface area (Å²) in [6, 6.07) is 0. The van der Waals surface area contributed by atoms with E-state index in [-0.39, 0.29) is 40.7 Å². The molecule has 2 heterocycles. The number of carbonyl (C=O) groups excluding carboxylic acids is 2. The fourth-order valence-electron chi connectivity index (χ4n) is 7.83. The Morgan fingerprint density at radius 1 is 1.19 bits per heavy atom. The summed E-state index contributed by atoms with van der Waals surface area (Å²) in [6.45, 7) is 17.5. The lowest BCUT2D eigenvalue weighted by Crippen LogP contribution is -2.56. The summed E-state index contributed by atoms with van der Waals surface area (Å²) in [5.41, 5.74) is 1.74. The van der Waals surface area contributed by atoms with Crippen LogP contribution in [0.15, 0.2) is 47.1 Å². The number of carboxylic acids is 1. The number of ether oxygens (including phenoxy) is 3. The van der Waals surface area contributed by atoms with Crippen molar-refractivity contribution in [3.63, 3.8) is 0 Å². The number of aliphatic carboxylic acids is 1. The lowest BCUT2D eigenvalue weighted by atomic mass is 9.62. The number of hydrogen-bond donors (Lipinski definition) is 3. The van der Waals surface area contributed by atoms with Crippen molar-refractivity contribution in [3.05, 3.63) is 63.8 Å². The maximum absolute atomic E-state index is 14.5. The molecule has 7 atom stereocenters. The van der Waals surface area contributed by atoms with Gasteiger partial charge in [-0.2, -0.15) is 0 Å². The third-order valence-corrected chi connectivity index (χ3v) is 10.7. The Morgan fingerprint density at radius 3 is 2.51 bits per heavy atom. The highest BCUT2D eigenvalue weighted by molar-refractivity contribution is 6.15. The number of Topliss-reactive ketones (excluding diaryl/α,β-unsaturated/α-hetero) is 1. The summed E-state index contributed by atoms with van der Waals surface area (Å²) in [5.74, 6) is -2.64. The molecule has 2 aliphatic carbocycles. The Balaban J connectivity index is 1.65. The first-order chi connectivity index (χ1) is 22.0. The molecule has 9 heteroatoms. The summed E-state index contributed by atoms with van der Waals surface area (Å²) in [7, 11) is 0. The van der Waals surface area contributed by atoms with Gasteiger partial charge in [-0.1, -0.05) is 36.0 Å². The van der Waals surface area contributed by atoms with Crippen molar-refractivity contribution in [3.8, 4) is 17.2 Å². The molecule has 0 radical (unpaired) electrons. The van der Waals surface area contributed by atoms with Crippen LogP contribution in [0.4, 0.5) is 0 Å². The molecule has 1 aromatic rings. The number of benzene rings is 1. The number of rotatable bonds is 10. The van der Waals surface area contributed by atoms with Crippen LogP contribution in [-0.4, -0.2) is 63.4 Å². The standard InChI is InChI=1S/C38H48O9/c1-19(2)11-12-24-33-29(31(41)28-27-23(20(3)4)13-14-38(8,35(27)42)47-34(24)28)30(40)25-16-22(18-39)17-26(32(25)46-33)37(6,7)45-15-9-10-21(5)36(43)44/h10-11,16,18,22-23,26-27,32,35,41-42H,3,9,12-15,17H2,1-2,4-8H3,(H,43,44)/b21-10-/t22?,23?,26-,27+,32?,35?,38+/m0/s1. The smallest absolute Gasteiger partial charge is 0.330 e.